The van der Waals surface area contributed by atoms with Gasteiger partial charge in [-0.2, -0.15) is 0 Å². The lowest BCUT2D eigenvalue weighted by Gasteiger charge is -2.28. The smallest absolute Gasteiger partial charge is 0.410 e. The number of rotatable bonds is 4. The van der Waals surface area contributed by atoms with Crippen LogP contribution in [0.25, 0.3) is 0 Å². The minimum Gasteiger partial charge on any atom is -0.444 e. The van der Waals surface area contributed by atoms with Crippen molar-refractivity contribution in [2.24, 2.45) is 0 Å². The van der Waals surface area contributed by atoms with Crippen molar-refractivity contribution in [2.75, 3.05) is 12.3 Å². The van der Waals surface area contributed by atoms with Crippen LogP contribution in [-0.2, 0) is 20.3 Å². The molecule has 0 saturated carbocycles. The van der Waals surface area contributed by atoms with E-state index in [-0.39, 0.29) is 17.5 Å². The van der Waals surface area contributed by atoms with Crippen molar-refractivity contribution in [2.45, 2.75) is 51.0 Å². The van der Waals surface area contributed by atoms with Gasteiger partial charge in [0.25, 0.3) is 0 Å². The second-order valence-corrected chi connectivity index (χ2v) is 9.51. The zero-order chi connectivity index (χ0) is 18.0. The van der Waals surface area contributed by atoms with Crippen molar-refractivity contribution in [3.63, 3.8) is 0 Å². The number of aromatic nitrogens is 1. The summed E-state index contributed by atoms with van der Waals surface area (Å²) in [6.07, 6.45) is 2.45. The van der Waals surface area contributed by atoms with Crippen LogP contribution in [0.3, 0.4) is 0 Å². The van der Waals surface area contributed by atoms with Gasteiger partial charge in [0.15, 0.2) is 9.84 Å². The molecule has 0 radical (unpaired) electrons. The maximum Gasteiger partial charge on any atom is 0.410 e. The summed E-state index contributed by atoms with van der Waals surface area (Å²) in [6.45, 7) is 5.90. The van der Waals surface area contributed by atoms with E-state index in [1.54, 1.807) is 32.9 Å². The SMILES string of the molecule is CC(C)(C)OC(=O)N1CCC[C@H]1CS(=O)(=O)Cc1ccc(Cl)nc1. The highest BCUT2D eigenvalue weighted by atomic mass is 35.5. The maximum atomic E-state index is 12.5. The molecule has 1 fully saturated rings. The molecule has 2 rings (SSSR count). The molecule has 0 aromatic carbocycles. The molecule has 0 aliphatic carbocycles. The van der Waals surface area contributed by atoms with Gasteiger partial charge in [-0.3, -0.25) is 0 Å². The number of halogens is 1. The number of carbonyl (C=O) groups is 1. The van der Waals surface area contributed by atoms with Gasteiger partial charge in [-0.15, -0.1) is 0 Å². The van der Waals surface area contributed by atoms with Gasteiger partial charge in [0.05, 0.1) is 11.5 Å². The van der Waals surface area contributed by atoms with Crippen molar-refractivity contribution >= 4 is 27.5 Å². The average molecular weight is 375 g/mol. The lowest BCUT2D eigenvalue weighted by molar-refractivity contribution is 0.0241. The fraction of sp³-hybridized carbons (Fsp3) is 0.625. The Hall–Kier alpha value is -1.34. The van der Waals surface area contributed by atoms with Crippen LogP contribution in [0.1, 0.15) is 39.2 Å². The molecule has 6 nitrogen and oxygen atoms in total. The molecule has 1 aliphatic rings. The van der Waals surface area contributed by atoms with Crippen LogP contribution >= 0.6 is 11.6 Å². The van der Waals surface area contributed by atoms with Gasteiger partial charge >= 0.3 is 6.09 Å². The number of carbonyl (C=O) groups excluding carboxylic acids is 1. The third kappa shape index (κ3) is 5.63. The van der Waals surface area contributed by atoms with Gasteiger partial charge in [-0.25, -0.2) is 18.2 Å². The Morgan fingerprint density at radius 1 is 1.42 bits per heavy atom. The molecular weight excluding hydrogens is 352 g/mol. The molecule has 1 aliphatic heterocycles. The minimum absolute atomic E-state index is 0.0745. The largest absolute Gasteiger partial charge is 0.444 e. The molecule has 1 aromatic heterocycles. The Bertz CT molecular complexity index is 683. The van der Waals surface area contributed by atoms with Crippen LogP contribution in [0.15, 0.2) is 18.3 Å². The van der Waals surface area contributed by atoms with Crippen molar-refractivity contribution in [3.8, 4) is 0 Å². The van der Waals surface area contributed by atoms with Crippen LogP contribution in [-0.4, -0.2) is 48.3 Å². The standard InChI is InChI=1S/C16H23ClN2O4S/c1-16(2,3)23-15(20)19-8-4-5-13(19)11-24(21,22)10-12-6-7-14(17)18-9-12/h6-7,9,13H,4-5,8,10-11H2,1-3H3/t13-/m0/s1. The number of sulfone groups is 1. The Kier molecular flexibility index (Phi) is 5.75. The zero-order valence-corrected chi connectivity index (χ0v) is 15.7. The summed E-state index contributed by atoms with van der Waals surface area (Å²) in [5, 5.41) is 0.322. The van der Waals surface area contributed by atoms with Gasteiger partial charge in [0, 0.05) is 18.8 Å². The molecule has 0 spiro atoms. The van der Waals surface area contributed by atoms with Gasteiger partial charge in [0.1, 0.15) is 10.8 Å². The summed E-state index contributed by atoms with van der Waals surface area (Å²) in [7, 11) is -3.37. The molecule has 1 aromatic rings. The molecule has 1 amide bonds. The number of nitrogens with zero attached hydrogens (tertiary/aromatic N) is 2. The Morgan fingerprint density at radius 2 is 2.12 bits per heavy atom. The fourth-order valence-corrected chi connectivity index (χ4v) is 4.51. The Morgan fingerprint density at radius 3 is 2.71 bits per heavy atom. The average Bonchev–Trinajstić information content (AvgIpc) is 2.86. The van der Waals surface area contributed by atoms with Crippen molar-refractivity contribution in [1.29, 1.82) is 0 Å². The minimum atomic E-state index is -3.37. The van der Waals surface area contributed by atoms with E-state index in [0.29, 0.717) is 23.7 Å². The molecular formula is C16H23ClN2O4S. The maximum absolute atomic E-state index is 12.5. The summed E-state index contributed by atoms with van der Waals surface area (Å²) < 4.78 is 30.3. The molecule has 0 N–H and O–H groups in total. The second-order valence-electron chi connectivity index (χ2n) is 7.01. The summed E-state index contributed by atoms with van der Waals surface area (Å²) >= 11 is 5.71. The predicted octanol–water partition coefficient (Wildman–Crippen LogP) is 3.05. The fourth-order valence-electron chi connectivity index (χ4n) is 2.67. The van der Waals surface area contributed by atoms with E-state index in [0.717, 1.165) is 6.42 Å². The van der Waals surface area contributed by atoms with Crippen LogP contribution in [0, 0.1) is 0 Å². The molecule has 24 heavy (non-hydrogen) atoms. The van der Waals surface area contributed by atoms with Crippen molar-refractivity contribution < 1.29 is 17.9 Å². The summed E-state index contributed by atoms with van der Waals surface area (Å²) in [4.78, 5) is 17.7. The van der Waals surface area contributed by atoms with Crippen LogP contribution < -0.4 is 0 Å². The molecule has 134 valence electrons. The van der Waals surface area contributed by atoms with Gasteiger partial charge in [-0.05, 0) is 45.2 Å². The lowest BCUT2D eigenvalue weighted by Crippen LogP contribution is -2.42. The Labute approximate surface area is 148 Å². The van der Waals surface area contributed by atoms with Crippen LogP contribution in [0.5, 0.6) is 0 Å². The molecule has 1 saturated heterocycles. The Balaban J connectivity index is 2.02. The van der Waals surface area contributed by atoms with E-state index in [4.69, 9.17) is 16.3 Å². The van der Waals surface area contributed by atoms with Crippen LogP contribution in [0.2, 0.25) is 5.15 Å². The highest BCUT2D eigenvalue weighted by molar-refractivity contribution is 7.90. The van der Waals surface area contributed by atoms with Crippen molar-refractivity contribution in [3.05, 3.63) is 29.0 Å². The summed E-state index contributed by atoms with van der Waals surface area (Å²) in [6, 6.07) is 2.87. The van der Waals surface area contributed by atoms with E-state index in [2.05, 4.69) is 4.98 Å². The first kappa shape index (κ1) is 19.0. The van der Waals surface area contributed by atoms with Crippen LogP contribution in [0.4, 0.5) is 4.79 Å². The van der Waals surface area contributed by atoms with E-state index in [1.807, 2.05) is 0 Å². The van der Waals surface area contributed by atoms with E-state index >= 15 is 0 Å². The van der Waals surface area contributed by atoms with Crippen molar-refractivity contribution in [1.82, 2.24) is 9.88 Å². The molecule has 1 atom stereocenters. The second kappa shape index (κ2) is 7.27. The summed E-state index contributed by atoms with van der Waals surface area (Å²) in [5.41, 5.74) is -0.0147. The topological polar surface area (TPSA) is 76.6 Å². The molecule has 2 heterocycles. The number of hydrogen-bond acceptors (Lipinski definition) is 5. The number of hydrogen-bond donors (Lipinski definition) is 0. The van der Waals surface area contributed by atoms with E-state index < -0.39 is 21.5 Å². The molecule has 0 unspecified atom stereocenters. The first-order valence-electron chi connectivity index (χ1n) is 7.86. The van der Waals surface area contributed by atoms with E-state index in [1.165, 1.54) is 11.1 Å². The quantitative estimate of drug-likeness (QED) is 0.757. The summed E-state index contributed by atoms with van der Waals surface area (Å²) in [5.74, 6) is -0.190. The van der Waals surface area contributed by atoms with Gasteiger partial charge < -0.3 is 9.64 Å². The normalized spacial score (nSPS) is 18.7. The number of pyridine rings is 1. The third-order valence-electron chi connectivity index (χ3n) is 3.63. The zero-order valence-electron chi connectivity index (χ0n) is 14.2. The third-order valence-corrected chi connectivity index (χ3v) is 5.52. The van der Waals surface area contributed by atoms with Gasteiger partial charge in [0.2, 0.25) is 0 Å². The number of amides is 1. The first-order chi connectivity index (χ1) is 11.1. The lowest BCUT2D eigenvalue weighted by atomic mass is 10.2. The number of ether oxygens (including phenoxy) is 1. The highest BCUT2D eigenvalue weighted by Crippen LogP contribution is 2.23. The highest BCUT2D eigenvalue weighted by Gasteiger charge is 2.35. The molecule has 0 bridgehead atoms. The van der Waals surface area contributed by atoms with Gasteiger partial charge in [-0.1, -0.05) is 17.7 Å². The predicted molar refractivity (Wildman–Crippen MR) is 92.7 cm³/mol. The van der Waals surface area contributed by atoms with E-state index in [9.17, 15) is 13.2 Å². The number of likely N-dealkylation sites (tertiary alicyclic amines) is 1. The monoisotopic (exact) mass is 374 g/mol. The molecule has 8 heteroatoms. The first-order valence-corrected chi connectivity index (χ1v) is 10.1.